The molecule has 2 aromatic rings. The monoisotopic (exact) mass is 267 g/mol. The van der Waals surface area contributed by atoms with Gasteiger partial charge in [0.15, 0.2) is 6.20 Å². The summed E-state index contributed by atoms with van der Waals surface area (Å²) in [4.78, 5) is 0. The average molecular weight is 268 g/mol. The van der Waals surface area contributed by atoms with E-state index in [0.29, 0.717) is 15.5 Å². The molecule has 0 radical (unpaired) electrons. The fraction of sp³-hybridized carbons (Fsp3) is 0.0833. The van der Waals surface area contributed by atoms with Crippen molar-refractivity contribution in [3.05, 3.63) is 64.5 Å². The number of nitrogens with zero attached hydrogens (tertiary/aromatic N) is 1. The fourth-order valence-electron chi connectivity index (χ4n) is 1.39. The first-order chi connectivity index (χ1) is 8.16. The third-order valence-electron chi connectivity index (χ3n) is 2.23. The molecule has 0 saturated carbocycles. The van der Waals surface area contributed by atoms with Gasteiger partial charge in [-0.2, -0.15) is 4.73 Å². The van der Waals surface area contributed by atoms with Gasteiger partial charge in [0.1, 0.15) is 10.8 Å². The van der Waals surface area contributed by atoms with Crippen LogP contribution in [0.1, 0.15) is 5.56 Å². The van der Waals surface area contributed by atoms with Crippen molar-refractivity contribution in [3.8, 4) is 0 Å². The number of rotatable bonds is 3. The third kappa shape index (κ3) is 3.05. The molecule has 0 aliphatic heterocycles. The Hall–Kier alpha value is -1.39. The average Bonchev–Trinajstić information content (AvgIpc) is 2.32. The third-order valence-corrected chi connectivity index (χ3v) is 3.86. The van der Waals surface area contributed by atoms with Gasteiger partial charge in [-0.3, -0.25) is 0 Å². The van der Waals surface area contributed by atoms with Gasteiger partial charge in [-0.25, -0.2) is 4.21 Å². The highest BCUT2D eigenvalue weighted by Crippen LogP contribution is 2.13. The van der Waals surface area contributed by atoms with E-state index in [1.54, 1.807) is 42.5 Å². The quantitative estimate of drug-likeness (QED) is 0.633. The summed E-state index contributed by atoms with van der Waals surface area (Å²) in [5.74, 6) is 0.309. The first kappa shape index (κ1) is 12.1. The topological polar surface area (TPSA) is 44.0 Å². The van der Waals surface area contributed by atoms with Crippen molar-refractivity contribution in [2.75, 3.05) is 0 Å². The SMILES string of the molecule is O=S(Cc1ccc(Cl)cc1)c1cccc[n+]1[O-]. The van der Waals surface area contributed by atoms with Crippen LogP contribution in [0.3, 0.4) is 0 Å². The molecule has 0 amide bonds. The van der Waals surface area contributed by atoms with E-state index in [9.17, 15) is 9.42 Å². The minimum absolute atomic E-state index is 0.266. The second-order valence-electron chi connectivity index (χ2n) is 3.48. The molecule has 1 heterocycles. The van der Waals surface area contributed by atoms with Gasteiger partial charge in [0.25, 0.3) is 5.03 Å². The summed E-state index contributed by atoms with van der Waals surface area (Å²) in [7, 11) is -1.35. The van der Waals surface area contributed by atoms with Crippen molar-refractivity contribution in [3.63, 3.8) is 0 Å². The lowest BCUT2D eigenvalue weighted by molar-refractivity contribution is -0.646. The number of halogens is 1. The lowest BCUT2D eigenvalue weighted by atomic mass is 10.2. The Labute approximate surface area is 107 Å². The lowest BCUT2D eigenvalue weighted by Crippen LogP contribution is -2.31. The van der Waals surface area contributed by atoms with Crippen LogP contribution >= 0.6 is 11.6 Å². The summed E-state index contributed by atoms with van der Waals surface area (Å²) in [6.45, 7) is 0. The van der Waals surface area contributed by atoms with Crippen LogP contribution in [0.25, 0.3) is 0 Å². The second-order valence-corrected chi connectivity index (χ2v) is 5.32. The number of hydrogen-bond acceptors (Lipinski definition) is 2. The fourth-order valence-corrected chi connectivity index (χ4v) is 2.66. The molecule has 0 fully saturated rings. The number of hydrogen-bond donors (Lipinski definition) is 0. The van der Waals surface area contributed by atoms with E-state index in [4.69, 9.17) is 11.6 Å². The van der Waals surface area contributed by atoms with Crippen molar-refractivity contribution < 1.29 is 8.94 Å². The van der Waals surface area contributed by atoms with Gasteiger partial charge in [0.05, 0.1) is 5.75 Å². The van der Waals surface area contributed by atoms with E-state index in [1.807, 2.05) is 0 Å². The highest BCUT2D eigenvalue weighted by molar-refractivity contribution is 7.84. The molecule has 0 aliphatic carbocycles. The van der Waals surface area contributed by atoms with Gasteiger partial charge in [-0.05, 0) is 23.8 Å². The Balaban J connectivity index is 2.17. The predicted octanol–water partition coefficient (Wildman–Crippen LogP) is 2.28. The van der Waals surface area contributed by atoms with Gasteiger partial charge in [0, 0.05) is 17.2 Å². The standard InChI is InChI=1S/C12H10ClNO2S/c13-11-6-4-10(5-7-11)9-17(16)12-3-1-2-8-14(12)15/h1-8H,9H2. The highest BCUT2D eigenvalue weighted by atomic mass is 35.5. The van der Waals surface area contributed by atoms with Gasteiger partial charge in [-0.1, -0.05) is 23.7 Å². The first-order valence-electron chi connectivity index (χ1n) is 4.98. The molecular weight excluding hydrogens is 258 g/mol. The summed E-state index contributed by atoms with van der Waals surface area (Å²) in [6.07, 6.45) is 1.34. The zero-order chi connectivity index (χ0) is 12.3. The summed E-state index contributed by atoms with van der Waals surface area (Å²) in [6, 6.07) is 12.0. The van der Waals surface area contributed by atoms with E-state index in [0.717, 1.165) is 5.56 Å². The minimum Gasteiger partial charge on any atom is -0.618 e. The predicted molar refractivity (Wildman–Crippen MR) is 67.0 cm³/mol. The summed E-state index contributed by atoms with van der Waals surface area (Å²) >= 11 is 5.76. The van der Waals surface area contributed by atoms with Gasteiger partial charge in [0.2, 0.25) is 0 Å². The van der Waals surface area contributed by atoms with Crippen LogP contribution in [0, 0.1) is 5.21 Å². The van der Waals surface area contributed by atoms with E-state index in [-0.39, 0.29) is 5.03 Å². The van der Waals surface area contributed by atoms with Crippen molar-refractivity contribution in [2.45, 2.75) is 10.8 Å². The molecule has 1 atom stereocenters. The number of benzene rings is 1. The lowest BCUT2D eigenvalue weighted by Gasteiger charge is -2.03. The summed E-state index contributed by atoms with van der Waals surface area (Å²) in [5.41, 5.74) is 0.886. The smallest absolute Gasteiger partial charge is 0.281 e. The maximum absolute atomic E-state index is 12.0. The molecule has 17 heavy (non-hydrogen) atoms. The van der Waals surface area contributed by atoms with Crippen molar-refractivity contribution >= 4 is 22.4 Å². The molecule has 3 nitrogen and oxygen atoms in total. The molecule has 5 heteroatoms. The van der Waals surface area contributed by atoms with Crippen LogP contribution in [-0.4, -0.2) is 4.21 Å². The molecule has 0 aliphatic rings. The van der Waals surface area contributed by atoms with E-state index >= 15 is 0 Å². The number of aromatic nitrogens is 1. The molecule has 2 rings (SSSR count). The van der Waals surface area contributed by atoms with Gasteiger partial charge < -0.3 is 5.21 Å². The molecule has 0 saturated heterocycles. The molecule has 1 aromatic carbocycles. The van der Waals surface area contributed by atoms with Crippen molar-refractivity contribution in [2.24, 2.45) is 0 Å². The van der Waals surface area contributed by atoms with E-state index < -0.39 is 10.8 Å². The second kappa shape index (κ2) is 5.29. The maximum Gasteiger partial charge on any atom is 0.281 e. The largest absolute Gasteiger partial charge is 0.618 e. The molecular formula is C12H10ClNO2S. The molecule has 1 aromatic heterocycles. The van der Waals surface area contributed by atoms with Crippen LogP contribution in [0.4, 0.5) is 0 Å². The van der Waals surface area contributed by atoms with Crippen molar-refractivity contribution in [1.29, 1.82) is 0 Å². The van der Waals surface area contributed by atoms with Crippen LogP contribution in [0.2, 0.25) is 5.02 Å². The van der Waals surface area contributed by atoms with E-state index in [2.05, 4.69) is 0 Å². The van der Waals surface area contributed by atoms with Crippen LogP contribution < -0.4 is 4.73 Å². The highest BCUT2D eigenvalue weighted by Gasteiger charge is 2.13. The van der Waals surface area contributed by atoms with E-state index in [1.165, 1.54) is 6.20 Å². The molecule has 88 valence electrons. The van der Waals surface area contributed by atoms with Gasteiger partial charge in [-0.15, -0.1) is 0 Å². The zero-order valence-corrected chi connectivity index (χ0v) is 10.4. The molecule has 0 spiro atoms. The Bertz CT molecular complexity index is 542. The summed E-state index contributed by atoms with van der Waals surface area (Å²) < 4.78 is 12.6. The Morgan fingerprint density at radius 2 is 1.88 bits per heavy atom. The zero-order valence-electron chi connectivity index (χ0n) is 8.88. The molecule has 0 N–H and O–H groups in total. The Kier molecular flexibility index (Phi) is 3.76. The minimum atomic E-state index is -1.35. The van der Waals surface area contributed by atoms with Gasteiger partial charge >= 0.3 is 0 Å². The molecule has 1 unspecified atom stereocenters. The van der Waals surface area contributed by atoms with Crippen LogP contribution in [0.15, 0.2) is 53.7 Å². The number of pyridine rings is 1. The van der Waals surface area contributed by atoms with Crippen LogP contribution in [-0.2, 0) is 16.6 Å². The van der Waals surface area contributed by atoms with Crippen LogP contribution in [0.5, 0.6) is 0 Å². The van der Waals surface area contributed by atoms with Crippen molar-refractivity contribution in [1.82, 2.24) is 0 Å². The Morgan fingerprint density at radius 3 is 2.53 bits per heavy atom. The Morgan fingerprint density at radius 1 is 1.18 bits per heavy atom. The summed E-state index contributed by atoms with van der Waals surface area (Å²) in [5, 5.41) is 12.3. The first-order valence-corrected chi connectivity index (χ1v) is 6.67. The maximum atomic E-state index is 12.0. The normalized spacial score (nSPS) is 12.3. The molecule has 0 bridgehead atoms.